The number of nitrogens with two attached hydrogens (primary N) is 1. The molecule has 0 aliphatic carbocycles. The van der Waals surface area contributed by atoms with E-state index in [0.717, 1.165) is 27.6 Å². The summed E-state index contributed by atoms with van der Waals surface area (Å²) in [6.45, 7) is 2.39. The van der Waals surface area contributed by atoms with Crippen LogP contribution in [-0.2, 0) is 6.54 Å². The molecule has 3 aromatic rings. The zero-order chi connectivity index (χ0) is 14.8. The van der Waals surface area contributed by atoms with Gasteiger partial charge in [-0.15, -0.1) is 0 Å². The van der Waals surface area contributed by atoms with Crippen molar-refractivity contribution in [3.63, 3.8) is 0 Å². The van der Waals surface area contributed by atoms with Crippen LogP contribution in [0.25, 0.3) is 10.8 Å². The lowest BCUT2D eigenvalue weighted by molar-refractivity contribution is 0.461. The van der Waals surface area contributed by atoms with Crippen LogP contribution >= 0.6 is 11.6 Å². The van der Waals surface area contributed by atoms with Crippen LogP contribution in [0.15, 0.2) is 48.7 Å². The van der Waals surface area contributed by atoms with Gasteiger partial charge in [0.2, 0.25) is 5.88 Å². The summed E-state index contributed by atoms with van der Waals surface area (Å²) in [4.78, 5) is 4.30. The Bertz CT molecular complexity index is 802. The van der Waals surface area contributed by atoms with Gasteiger partial charge in [0.15, 0.2) is 0 Å². The first kappa shape index (κ1) is 13.9. The van der Waals surface area contributed by atoms with Crippen LogP contribution in [0, 0.1) is 6.92 Å². The van der Waals surface area contributed by atoms with E-state index in [1.54, 1.807) is 6.20 Å². The molecule has 0 amide bonds. The van der Waals surface area contributed by atoms with Crippen LogP contribution in [0.5, 0.6) is 11.6 Å². The molecule has 2 N–H and O–H groups in total. The Balaban J connectivity index is 2.11. The van der Waals surface area contributed by atoms with Crippen molar-refractivity contribution in [1.29, 1.82) is 0 Å². The molecule has 3 rings (SSSR count). The van der Waals surface area contributed by atoms with E-state index in [1.807, 2.05) is 49.4 Å². The largest absolute Gasteiger partial charge is 0.438 e. The normalized spacial score (nSPS) is 10.8. The number of hydrogen-bond acceptors (Lipinski definition) is 3. The standard InChI is InChI=1S/C17H15ClN2O/c1-11-8-9-20-17(14(11)10-19)21-16-7-6-15(18)12-4-2-3-5-13(12)16/h2-9H,10,19H2,1H3. The van der Waals surface area contributed by atoms with Gasteiger partial charge in [-0.2, -0.15) is 0 Å². The van der Waals surface area contributed by atoms with Crippen LogP contribution < -0.4 is 10.5 Å². The van der Waals surface area contributed by atoms with Crippen LogP contribution in [-0.4, -0.2) is 4.98 Å². The van der Waals surface area contributed by atoms with Gasteiger partial charge >= 0.3 is 0 Å². The minimum absolute atomic E-state index is 0.389. The van der Waals surface area contributed by atoms with Gasteiger partial charge < -0.3 is 10.5 Å². The van der Waals surface area contributed by atoms with Gasteiger partial charge in [0.1, 0.15) is 5.75 Å². The monoisotopic (exact) mass is 298 g/mol. The number of rotatable bonds is 3. The molecular formula is C17H15ClN2O. The van der Waals surface area contributed by atoms with Crippen molar-refractivity contribution in [2.45, 2.75) is 13.5 Å². The highest BCUT2D eigenvalue weighted by molar-refractivity contribution is 6.35. The van der Waals surface area contributed by atoms with E-state index in [1.165, 1.54) is 0 Å². The first-order chi connectivity index (χ1) is 10.2. The molecule has 1 aromatic heterocycles. The summed E-state index contributed by atoms with van der Waals surface area (Å²) in [5.74, 6) is 1.27. The summed E-state index contributed by atoms with van der Waals surface area (Å²) in [6.07, 6.45) is 1.72. The molecule has 106 valence electrons. The topological polar surface area (TPSA) is 48.1 Å². The van der Waals surface area contributed by atoms with Crippen molar-refractivity contribution in [3.05, 3.63) is 64.8 Å². The van der Waals surface area contributed by atoms with E-state index in [2.05, 4.69) is 4.98 Å². The molecule has 0 saturated heterocycles. The fourth-order valence-electron chi connectivity index (χ4n) is 2.33. The number of aromatic nitrogens is 1. The molecule has 0 fully saturated rings. The average molecular weight is 299 g/mol. The number of hydrogen-bond donors (Lipinski definition) is 1. The summed E-state index contributed by atoms with van der Waals surface area (Å²) >= 11 is 6.22. The Kier molecular flexibility index (Phi) is 3.78. The fraction of sp³-hybridized carbons (Fsp3) is 0.118. The smallest absolute Gasteiger partial charge is 0.223 e. The van der Waals surface area contributed by atoms with Crippen molar-refractivity contribution in [2.24, 2.45) is 5.73 Å². The van der Waals surface area contributed by atoms with E-state index in [9.17, 15) is 0 Å². The van der Waals surface area contributed by atoms with Gasteiger partial charge in [0.25, 0.3) is 0 Å². The van der Waals surface area contributed by atoms with Gasteiger partial charge in [0.05, 0.1) is 0 Å². The average Bonchev–Trinajstić information content (AvgIpc) is 2.51. The van der Waals surface area contributed by atoms with Crippen LogP contribution in [0.4, 0.5) is 0 Å². The lowest BCUT2D eigenvalue weighted by Gasteiger charge is -2.13. The summed E-state index contributed by atoms with van der Waals surface area (Å²) in [5.41, 5.74) is 7.78. The Labute approximate surface area is 128 Å². The number of nitrogens with zero attached hydrogens (tertiary/aromatic N) is 1. The molecule has 0 atom stereocenters. The van der Waals surface area contributed by atoms with E-state index < -0.39 is 0 Å². The van der Waals surface area contributed by atoms with Gasteiger partial charge in [0, 0.05) is 34.1 Å². The van der Waals surface area contributed by atoms with Crippen LogP contribution in [0.3, 0.4) is 0 Å². The maximum absolute atomic E-state index is 6.22. The Morgan fingerprint density at radius 1 is 1.10 bits per heavy atom. The summed E-state index contributed by atoms with van der Waals surface area (Å²) < 4.78 is 6.00. The van der Waals surface area contributed by atoms with Crippen molar-refractivity contribution in [3.8, 4) is 11.6 Å². The quantitative estimate of drug-likeness (QED) is 0.777. The summed E-state index contributed by atoms with van der Waals surface area (Å²) in [5, 5.41) is 2.61. The number of benzene rings is 2. The van der Waals surface area contributed by atoms with Crippen molar-refractivity contribution >= 4 is 22.4 Å². The molecule has 0 spiro atoms. The second kappa shape index (κ2) is 5.72. The molecule has 0 aliphatic rings. The number of halogens is 1. The lowest BCUT2D eigenvalue weighted by atomic mass is 10.1. The molecule has 0 unspecified atom stereocenters. The highest BCUT2D eigenvalue weighted by atomic mass is 35.5. The van der Waals surface area contributed by atoms with Crippen LogP contribution in [0.1, 0.15) is 11.1 Å². The molecule has 4 heteroatoms. The summed E-state index contributed by atoms with van der Waals surface area (Å²) in [6, 6.07) is 13.5. The first-order valence-corrected chi connectivity index (χ1v) is 7.08. The second-order valence-corrected chi connectivity index (χ2v) is 5.22. The van der Waals surface area contributed by atoms with E-state index in [4.69, 9.17) is 22.1 Å². The Morgan fingerprint density at radius 3 is 2.62 bits per heavy atom. The first-order valence-electron chi connectivity index (χ1n) is 6.70. The third-order valence-electron chi connectivity index (χ3n) is 3.49. The number of pyridine rings is 1. The van der Waals surface area contributed by atoms with Gasteiger partial charge in [-0.3, -0.25) is 0 Å². The van der Waals surface area contributed by atoms with Crippen molar-refractivity contribution in [1.82, 2.24) is 4.98 Å². The third-order valence-corrected chi connectivity index (χ3v) is 3.82. The predicted molar refractivity (Wildman–Crippen MR) is 85.9 cm³/mol. The molecule has 2 aromatic carbocycles. The minimum atomic E-state index is 0.389. The number of aryl methyl sites for hydroxylation is 1. The van der Waals surface area contributed by atoms with Crippen molar-refractivity contribution < 1.29 is 4.74 Å². The molecule has 0 radical (unpaired) electrons. The Morgan fingerprint density at radius 2 is 1.86 bits per heavy atom. The zero-order valence-corrected chi connectivity index (χ0v) is 12.4. The highest BCUT2D eigenvalue weighted by Crippen LogP contribution is 2.34. The van der Waals surface area contributed by atoms with Crippen molar-refractivity contribution in [2.75, 3.05) is 0 Å². The Hall–Kier alpha value is -2.10. The highest BCUT2D eigenvalue weighted by Gasteiger charge is 2.11. The minimum Gasteiger partial charge on any atom is -0.438 e. The van der Waals surface area contributed by atoms with Gasteiger partial charge in [-0.05, 0) is 30.7 Å². The summed E-state index contributed by atoms with van der Waals surface area (Å²) in [7, 11) is 0. The van der Waals surface area contributed by atoms with Crippen LogP contribution in [0.2, 0.25) is 5.02 Å². The van der Waals surface area contributed by atoms with E-state index >= 15 is 0 Å². The third kappa shape index (κ3) is 2.58. The fourth-order valence-corrected chi connectivity index (χ4v) is 2.56. The number of fused-ring (bicyclic) bond motifs is 1. The van der Waals surface area contributed by atoms with Gasteiger partial charge in [-0.1, -0.05) is 35.9 Å². The zero-order valence-electron chi connectivity index (χ0n) is 11.6. The second-order valence-electron chi connectivity index (χ2n) is 4.81. The molecule has 0 bridgehead atoms. The maximum Gasteiger partial charge on any atom is 0.223 e. The SMILES string of the molecule is Cc1ccnc(Oc2ccc(Cl)c3ccccc23)c1CN. The van der Waals surface area contributed by atoms with E-state index in [-0.39, 0.29) is 0 Å². The molecule has 0 saturated carbocycles. The van der Waals surface area contributed by atoms with E-state index in [0.29, 0.717) is 17.4 Å². The lowest BCUT2D eigenvalue weighted by Crippen LogP contribution is -2.03. The molecule has 0 aliphatic heterocycles. The molecular weight excluding hydrogens is 284 g/mol. The molecule has 3 nitrogen and oxygen atoms in total. The van der Waals surface area contributed by atoms with Gasteiger partial charge in [-0.25, -0.2) is 4.98 Å². The molecule has 1 heterocycles. The number of ether oxygens (including phenoxy) is 1. The maximum atomic E-state index is 6.22. The molecule has 21 heavy (non-hydrogen) atoms. The predicted octanol–water partition coefficient (Wildman–Crippen LogP) is 4.45.